The van der Waals surface area contributed by atoms with Crippen molar-refractivity contribution in [3.05, 3.63) is 75.7 Å². The summed E-state index contributed by atoms with van der Waals surface area (Å²) in [4.78, 5) is 49.3. The highest BCUT2D eigenvalue weighted by Crippen LogP contribution is 2.41. The summed E-state index contributed by atoms with van der Waals surface area (Å²) in [6.45, 7) is 7.90. The highest BCUT2D eigenvalue weighted by Gasteiger charge is 2.28. The molecule has 0 saturated heterocycles. The Labute approximate surface area is 282 Å². The normalized spacial score (nSPS) is 19.9. The van der Waals surface area contributed by atoms with Gasteiger partial charge < -0.3 is 15.3 Å². The molecule has 250 valence electrons. The van der Waals surface area contributed by atoms with Gasteiger partial charge in [-0.1, -0.05) is 77.3 Å². The van der Waals surface area contributed by atoms with Crippen molar-refractivity contribution in [2.75, 3.05) is 13.1 Å². The number of thiophene rings is 1. The van der Waals surface area contributed by atoms with Crippen molar-refractivity contribution in [2.45, 2.75) is 91.0 Å². The van der Waals surface area contributed by atoms with Gasteiger partial charge in [-0.3, -0.25) is 14.4 Å². The van der Waals surface area contributed by atoms with Gasteiger partial charge in [0.25, 0.3) is 5.91 Å². The molecule has 3 aromatic rings. The van der Waals surface area contributed by atoms with Gasteiger partial charge in [0.1, 0.15) is 6.54 Å². The number of hydrogen-bond acceptors (Lipinski definition) is 6. The third-order valence-corrected chi connectivity index (χ3v) is 11.4. The molecule has 2 heterocycles. The molecule has 1 fully saturated rings. The molecule has 9 heteroatoms. The Morgan fingerprint density at radius 2 is 1.64 bits per heavy atom. The third kappa shape index (κ3) is 9.15. The van der Waals surface area contributed by atoms with Crippen LogP contribution in [0.15, 0.2) is 54.9 Å². The smallest absolute Gasteiger partial charge is 0.323 e. The Bertz CT molecular complexity index is 1560. The molecule has 1 unspecified atom stereocenters. The number of aliphatic carboxylic acids is 1. The van der Waals surface area contributed by atoms with E-state index in [1.807, 2.05) is 42.7 Å². The fourth-order valence-corrected chi connectivity index (χ4v) is 7.83. The maximum absolute atomic E-state index is 13.0. The first-order chi connectivity index (χ1) is 22.5. The number of hydrogen-bond donors (Lipinski definition) is 2. The summed E-state index contributed by atoms with van der Waals surface area (Å²) >= 11 is 1.39. The first-order valence-electron chi connectivity index (χ1n) is 17.0. The molecule has 0 aliphatic heterocycles. The molecule has 1 atom stereocenters. The van der Waals surface area contributed by atoms with E-state index in [-0.39, 0.29) is 24.4 Å². The first-order valence-corrected chi connectivity index (χ1v) is 17.8. The van der Waals surface area contributed by atoms with Crippen LogP contribution in [-0.2, 0) is 21.5 Å². The molecule has 0 bridgehead atoms. The minimum absolute atomic E-state index is 0.0771. The summed E-state index contributed by atoms with van der Waals surface area (Å²) in [5.74, 6) is 1.31. The Hall–Kier alpha value is -3.85. The van der Waals surface area contributed by atoms with Crippen molar-refractivity contribution in [2.24, 2.45) is 17.8 Å². The summed E-state index contributed by atoms with van der Waals surface area (Å²) in [5.41, 5.74) is 3.96. The number of rotatable bonds is 11. The van der Waals surface area contributed by atoms with Gasteiger partial charge in [-0.15, -0.1) is 11.3 Å². The lowest BCUT2D eigenvalue weighted by atomic mass is 9.71. The van der Waals surface area contributed by atoms with Crippen molar-refractivity contribution >= 4 is 34.7 Å². The molecule has 47 heavy (non-hydrogen) atoms. The lowest BCUT2D eigenvalue weighted by molar-refractivity contribution is -0.144. The molecule has 2 aliphatic carbocycles. The lowest BCUT2D eigenvalue weighted by Gasteiger charge is -2.35. The van der Waals surface area contributed by atoms with E-state index in [1.54, 1.807) is 6.07 Å². The first kappa shape index (κ1) is 34.5. The summed E-state index contributed by atoms with van der Waals surface area (Å²) in [5, 5.41) is 12.1. The zero-order valence-corrected chi connectivity index (χ0v) is 28.9. The summed E-state index contributed by atoms with van der Waals surface area (Å²) in [6.07, 6.45) is 16.6. The van der Waals surface area contributed by atoms with Crippen LogP contribution in [0.4, 0.5) is 0 Å². The Balaban J connectivity index is 1.15. The van der Waals surface area contributed by atoms with Crippen molar-refractivity contribution in [1.29, 1.82) is 0 Å². The summed E-state index contributed by atoms with van der Waals surface area (Å²) in [7, 11) is 0. The van der Waals surface area contributed by atoms with Gasteiger partial charge in [-0.2, -0.15) is 0 Å². The summed E-state index contributed by atoms with van der Waals surface area (Å²) < 4.78 is 0. The van der Waals surface area contributed by atoms with E-state index in [0.717, 1.165) is 52.2 Å². The molecule has 1 saturated carbocycles. The Kier molecular flexibility index (Phi) is 11.3. The molecule has 1 aromatic carbocycles. The Morgan fingerprint density at radius 1 is 0.936 bits per heavy atom. The number of benzene rings is 1. The number of carboxylic acid groups (broad SMARTS) is 1. The van der Waals surface area contributed by atoms with Crippen LogP contribution in [0.3, 0.4) is 0 Å². The SMILES string of the molecule is CCC1CCC(C2CC=C(c3cnc(-c4ccc(CN(CC(=O)O)C(=O)CNC(=O)c5ccc(C(C)(C)C)s5)cc4)nc3)CC2)CC1. The van der Waals surface area contributed by atoms with E-state index in [0.29, 0.717) is 10.7 Å². The van der Waals surface area contributed by atoms with Gasteiger partial charge in [0.15, 0.2) is 5.82 Å². The number of aromatic nitrogens is 2. The third-order valence-electron chi connectivity index (χ3n) is 9.84. The molecule has 2 aromatic heterocycles. The van der Waals surface area contributed by atoms with Gasteiger partial charge in [-0.05, 0) is 78.5 Å². The van der Waals surface area contributed by atoms with Gasteiger partial charge in [0.2, 0.25) is 5.91 Å². The van der Waals surface area contributed by atoms with Crippen LogP contribution in [0.5, 0.6) is 0 Å². The average molecular weight is 657 g/mol. The maximum atomic E-state index is 13.0. The van der Waals surface area contributed by atoms with Crippen LogP contribution in [0.1, 0.15) is 105 Å². The average Bonchev–Trinajstić information content (AvgIpc) is 3.59. The molecule has 5 rings (SSSR count). The van der Waals surface area contributed by atoms with Crippen molar-refractivity contribution < 1.29 is 19.5 Å². The number of amides is 2. The fourth-order valence-electron chi connectivity index (χ4n) is 6.85. The highest BCUT2D eigenvalue weighted by atomic mass is 32.1. The van der Waals surface area contributed by atoms with Crippen LogP contribution >= 0.6 is 11.3 Å². The van der Waals surface area contributed by atoms with E-state index in [4.69, 9.17) is 0 Å². The van der Waals surface area contributed by atoms with E-state index in [2.05, 4.69) is 49.1 Å². The second-order valence-corrected chi connectivity index (χ2v) is 15.3. The van der Waals surface area contributed by atoms with Crippen LogP contribution < -0.4 is 5.32 Å². The van der Waals surface area contributed by atoms with E-state index in [9.17, 15) is 19.5 Å². The van der Waals surface area contributed by atoms with E-state index in [1.165, 1.54) is 60.3 Å². The minimum atomic E-state index is -1.12. The van der Waals surface area contributed by atoms with Gasteiger partial charge in [-0.25, -0.2) is 9.97 Å². The molecule has 2 aliphatic rings. The molecular weight excluding hydrogens is 609 g/mol. The molecule has 2 N–H and O–H groups in total. The van der Waals surface area contributed by atoms with E-state index < -0.39 is 18.4 Å². The number of carboxylic acids is 1. The largest absolute Gasteiger partial charge is 0.480 e. The molecule has 2 amide bonds. The highest BCUT2D eigenvalue weighted by molar-refractivity contribution is 7.14. The zero-order chi connectivity index (χ0) is 33.6. The van der Waals surface area contributed by atoms with Crippen molar-refractivity contribution in [3.63, 3.8) is 0 Å². The van der Waals surface area contributed by atoms with Gasteiger partial charge in [0, 0.05) is 34.9 Å². The second-order valence-electron chi connectivity index (χ2n) is 14.2. The number of nitrogens with zero attached hydrogens (tertiary/aromatic N) is 3. The van der Waals surface area contributed by atoms with Crippen LogP contribution in [0.2, 0.25) is 0 Å². The number of carbonyl (C=O) groups is 3. The van der Waals surface area contributed by atoms with Gasteiger partial charge >= 0.3 is 5.97 Å². The quantitative estimate of drug-likeness (QED) is 0.218. The van der Waals surface area contributed by atoms with Crippen molar-refractivity contribution in [3.8, 4) is 11.4 Å². The van der Waals surface area contributed by atoms with Crippen LogP contribution in [-0.4, -0.2) is 50.8 Å². The van der Waals surface area contributed by atoms with Crippen LogP contribution in [0.25, 0.3) is 17.0 Å². The number of carbonyl (C=O) groups excluding carboxylic acids is 2. The lowest BCUT2D eigenvalue weighted by Crippen LogP contribution is -2.42. The van der Waals surface area contributed by atoms with Crippen molar-refractivity contribution in [1.82, 2.24) is 20.2 Å². The predicted octanol–water partition coefficient (Wildman–Crippen LogP) is 7.75. The molecule has 8 nitrogen and oxygen atoms in total. The second kappa shape index (κ2) is 15.4. The molecular formula is C38H48N4O4S. The predicted molar refractivity (Wildman–Crippen MR) is 187 cm³/mol. The topological polar surface area (TPSA) is 112 Å². The van der Waals surface area contributed by atoms with Crippen LogP contribution in [0, 0.1) is 17.8 Å². The fraction of sp³-hybridized carbons (Fsp3) is 0.500. The molecule has 0 radical (unpaired) electrons. The minimum Gasteiger partial charge on any atom is -0.480 e. The number of allylic oxidation sites excluding steroid dienone is 2. The van der Waals surface area contributed by atoms with Gasteiger partial charge in [0.05, 0.1) is 11.4 Å². The van der Waals surface area contributed by atoms with E-state index >= 15 is 0 Å². The Morgan fingerprint density at radius 3 is 2.21 bits per heavy atom. The summed E-state index contributed by atoms with van der Waals surface area (Å²) in [6, 6.07) is 11.1. The monoisotopic (exact) mass is 656 g/mol. The molecule has 0 spiro atoms. The number of nitrogens with one attached hydrogen (secondary N) is 1. The standard InChI is InChI=1S/C38H48N4O4S/c1-5-25-6-10-27(11-7-25)28-14-16-29(17-15-28)31-20-39-36(40-21-31)30-12-8-26(9-13-30)23-42(24-35(44)45)34(43)22-41-37(46)32-18-19-33(47-32)38(2,3)4/h8-9,12-13,16,18-21,25,27-28H,5-7,10-11,14-15,17,22-24H2,1-4H3,(H,41,46)(H,44,45). The maximum Gasteiger partial charge on any atom is 0.323 e. The zero-order valence-electron chi connectivity index (χ0n) is 28.1.